The summed E-state index contributed by atoms with van der Waals surface area (Å²) in [4.78, 5) is 11.9. The molecule has 0 aliphatic carbocycles. The van der Waals surface area contributed by atoms with E-state index in [1.165, 1.54) is 11.2 Å². The highest BCUT2D eigenvalue weighted by atomic mass is 127. The topological polar surface area (TPSA) is 57.5 Å². The molecule has 1 aliphatic heterocycles. The maximum atomic E-state index is 4.82. The molecule has 3 aromatic rings. The number of guanidine groups is 1. The number of hydrogen-bond donors (Lipinski definition) is 2. The SMILES string of the molecule is CCNC(=NCCn1c(C)nc2ccccc21)NC1CCN(c2ccccc2)C1.I. The van der Waals surface area contributed by atoms with Crippen LogP contribution in [0.1, 0.15) is 19.2 Å². The first-order chi connectivity index (χ1) is 14.2. The molecule has 1 aromatic heterocycles. The second-order valence-electron chi connectivity index (χ2n) is 7.47. The molecular weight excluding hydrogens is 487 g/mol. The lowest BCUT2D eigenvalue weighted by atomic mass is 10.3. The molecule has 4 rings (SSSR count). The van der Waals surface area contributed by atoms with E-state index < -0.39 is 0 Å². The van der Waals surface area contributed by atoms with Crippen LogP contribution in [0.3, 0.4) is 0 Å². The van der Waals surface area contributed by atoms with Crippen LogP contribution < -0.4 is 15.5 Å². The number of imidazole rings is 1. The van der Waals surface area contributed by atoms with Gasteiger partial charge in [-0.3, -0.25) is 4.99 Å². The standard InChI is InChI=1S/C23H30N6.HI/c1-3-24-23(27-19-13-15-28(17-19)20-9-5-4-6-10-20)25-14-16-29-18(2)26-21-11-7-8-12-22(21)29;/h4-12,19H,3,13-17H2,1-2H3,(H2,24,25,27);1H. The van der Waals surface area contributed by atoms with Crippen LogP contribution in [-0.2, 0) is 6.54 Å². The highest BCUT2D eigenvalue weighted by Crippen LogP contribution is 2.19. The lowest BCUT2D eigenvalue weighted by Gasteiger charge is -2.20. The second kappa shape index (κ2) is 10.7. The van der Waals surface area contributed by atoms with E-state index in [0.29, 0.717) is 12.6 Å². The first kappa shape index (κ1) is 22.4. The van der Waals surface area contributed by atoms with Gasteiger partial charge in [-0.25, -0.2) is 4.98 Å². The Balaban J connectivity index is 0.00000256. The number of aromatic nitrogens is 2. The van der Waals surface area contributed by atoms with Crippen LogP contribution >= 0.6 is 24.0 Å². The lowest BCUT2D eigenvalue weighted by molar-refractivity contribution is 0.641. The molecule has 1 saturated heterocycles. The summed E-state index contributed by atoms with van der Waals surface area (Å²) in [6.45, 7) is 8.63. The van der Waals surface area contributed by atoms with Crippen molar-refractivity contribution in [3.8, 4) is 0 Å². The molecular formula is C23H31IN6. The quantitative estimate of drug-likeness (QED) is 0.296. The van der Waals surface area contributed by atoms with Crippen LogP contribution in [0.4, 0.5) is 5.69 Å². The van der Waals surface area contributed by atoms with Crippen molar-refractivity contribution in [3.63, 3.8) is 0 Å². The van der Waals surface area contributed by atoms with Gasteiger partial charge in [0.1, 0.15) is 5.82 Å². The van der Waals surface area contributed by atoms with Gasteiger partial charge in [0.2, 0.25) is 0 Å². The van der Waals surface area contributed by atoms with Crippen LogP contribution in [0.2, 0.25) is 0 Å². The fourth-order valence-electron chi connectivity index (χ4n) is 4.00. The number of aliphatic imine (C=N–C) groups is 1. The van der Waals surface area contributed by atoms with Gasteiger partial charge >= 0.3 is 0 Å². The van der Waals surface area contributed by atoms with Gasteiger partial charge in [0.25, 0.3) is 0 Å². The van der Waals surface area contributed by atoms with Gasteiger partial charge in [-0.1, -0.05) is 30.3 Å². The average molecular weight is 518 g/mol. The second-order valence-corrected chi connectivity index (χ2v) is 7.47. The van der Waals surface area contributed by atoms with E-state index in [1.54, 1.807) is 0 Å². The van der Waals surface area contributed by atoms with Crippen LogP contribution in [0, 0.1) is 6.92 Å². The monoisotopic (exact) mass is 518 g/mol. The molecule has 2 aromatic carbocycles. The minimum absolute atomic E-state index is 0. The summed E-state index contributed by atoms with van der Waals surface area (Å²) in [5, 5.41) is 7.01. The maximum absolute atomic E-state index is 4.82. The van der Waals surface area contributed by atoms with Crippen LogP contribution in [-0.4, -0.2) is 47.7 Å². The minimum atomic E-state index is 0. The Kier molecular flexibility index (Phi) is 7.95. The van der Waals surface area contributed by atoms with Crippen molar-refractivity contribution in [2.45, 2.75) is 32.9 Å². The molecule has 0 amide bonds. The van der Waals surface area contributed by atoms with Crippen molar-refractivity contribution in [1.82, 2.24) is 20.2 Å². The smallest absolute Gasteiger partial charge is 0.191 e. The normalized spacial score (nSPS) is 16.5. The molecule has 160 valence electrons. The number of para-hydroxylation sites is 3. The van der Waals surface area contributed by atoms with Gasteiger partial charge in [0.05, 0.1) is 17.6 Å². The van der Waals surface area contributed by atoms with Gasteiger partial charge in [-0.2, -0.15) is 0 Å². The number of fused-ring (bicyclic) bond motifs is 1. The third kappa shape index (κ3) is 5.24. The van der Waals surface area contributed by atoms with Gasteiger partial charge in [-0.05, 0) is 44.5 Å². The lowest BCUT2D eigenvalue weighted by Crippen LogP contribution is -2.44. The molecule has 7 heteroatoms. The first-order valence-electron chi connectivity index (χ1n) is 10.5. The first-order valence-corrected chi connectivity index (χ1v) is 10.5. The number of halogens is 1. The van der Waals surface area contributed by atoms with E-state index >= 15 is 0 Å². The number of hydrogen-bond acceptors (Lipinski definition) is 3. The van der Waals surface area contributed by atoms with Gasteiger partial charge in [0, 0.05) is 37.9 Å². The average Bonchev–Trinajstić information content (AvgIpc) is 3.33. The number of nitrogens with one attached hydrogen (secondary N) is 2. The Labute approximate surface area is 195 Å². The molecule has 0 bridgehead atoms. The van der Waals surface area contributed by atoms with Crippen molar-refractivity contribution in [1.29, 1.82) is 0 Å². The van der Waals surface area contributed by atoms with Crippen LogP contribution in [0.25, 0.3) is 11.0 Å². The fourth-order valence-corrected chi connectivity index (χ4v) is 4.00. The van der Waals surface area contributed by atoms with Crippen molar-refractivity contribution in [2.24, 2.45) is 4.99 Å². The van der Waals surface area contributed by atoms with Gasteiger partial charge in [0.15, 0.2) is 5.96 Å². The summed E-state index contributed by atoms with van der Waals surface area (Å²) in [6.07, 6.45) is 1.12. The molecule has 1 fully saturated rings. The molecule has 2 N–H and O–H groups in total. The van der Waals surface area contributed by atoms with Gasteiger partial charge < -0.3 is 20.1 Å². The molecule has 1 unspecified atom stereocenters. The third-order valence-electron chi connectivity index (χ3n) is 5.43. The van der Waals surface area contributed by atoms with Crippen molar-refractivity contribution >= 4 is 46.7 Å². The molecule has 0 spiro atoms. The van der Waals surface area contributed by atoms with E-state index in [9.17, 15) is 0 Å². The van der Waals surface area contributed by atoms with E-state index in [1.807, 2.05) is 6.07 Å². The predicted molar refractivity (Wildman–Crippen MR) is 136 cm³/mol. The Morgan fingerprint density at radius 2 is 1.90 bits per heavy atom. The highest BCUT2D eigenvalue weighted by molar-refractivity contribution is 14.0. The van der Waals surface area contributed by atoms with E-state index in [4.69, 9.17) is 4.99 Å². The third-order valence-corrected chi connectivity index (χ3v) is 5.43. The molecule has 30 heavy (non-hydrogen) atoms. The molecule has 2 heterocycles. The zero-order chi connectivity index (χ0) is 20.1. The predicted octanol–water partition coefficient (Wildman–Crippen LogP) is 3.80. The van der Waals surface area contributed by atoms with Crippen LogP contribution in [0.15, 0.2) is 59.6 Å². The Bertz CT molecular complexity index is 968. The number of rotatable bonds is 6. The maximum Gasteiger partial charge on any atom is 0.191 e. The summed E-state index contributed by atoms with van der Waals surface area (Å²) >= 11 is 0. The van der Waals surface area contributed by atoms with Crippen molar-refractivity contribution < 1.29 is 0 Å². The number of benzene rings is 2. The molecule has 0 radical (unpaired) electrons. The Morgan fingerprint density at radius 1 is 1.13 bits per heavy atom. The largest absolute Gasteiger partial charge is 0.369 e. The van der Waals surface area contributed by atoms with Gasteiger partial charge in [-0.15, -0.1) is 24.0 Å². The summed E-state index contributed by atoms with van der Waals surface area (Å²) < 4.78 is 2.25. The summed E-state index contributed by atoms with van der Waals surface area (Å²) in [6, 6.07) is 19.3. The summed E-state index contributed by atoms with van der Waals surface area (Å²) in [7, 11) is 0. The molecule has 6 nitrogen and oxygen atoms in total. The molecule has 1 atom stereocenters. The Morgan fingerprint density at radius 3 is 2.70 bits per heavy atom. The zero-order valence-corrected chi connectivity index (χ0v) is 20.0. The van der Waals surface area contributed by atoms with E-state index in [-0.39, 0.29) is 24.0 Å². The Hall–Kier alpha value is -2.29. The van der Waals surface area contributed by atoms with Crippen LogP contribution in [0.5, 0.6) is 0 Å². The number of nitrogens with zero attached hydrogens (tertiary/aromatic N) is 4. The highest BCUT2D eigenvalue weighted by Gasteiger charge is 2.23. The summed E-state index contributed by atoms with van der Waals surface area (Å²) in [5.74, 6) is 1.93. The summed E-state index contributed by atoms with van der Waals surface area (Å²) in [5.41, 5.74) is 3.51. The number of anilines is 1. The minimum Gasteiger partial charge on any atom is -0.369 e. The van der Waals surface area contributed by atoms with E-state index in [2.05, 4.69) is 87.5 Å². The van der Waals surface area contributed by atoms with Crippen molar-refractivity contribution in [2.75, 3.05) is 31.1 Å². The van der Waals surface area contributed by atoms with Crippen molar-refractivity contribution in [3.05, 3.63) is 60.4 Å². The number of aryl methyl sites for hydroxylation is 1. The fraction of sp³-hybridized carbons (Fsp3) is 0.391. The molecule has 1 aliphatic rings. The zero-order valence-electron chi connectivity index (χ0n) is 17.7. The van der Waals surface area contributed by atoms with E-state index in [0.717, 1.165) is 49.9 Å². The molecule has 0 saturated carbocycles.